The van der Waals surface area contributed by atoms with Crippen molar-refractivity contribution < 1.29 is 14.3 Å². The molecule has 0 bridgehead atoms. The van der Waals surface area contributed by atoms with Crippen molar-refractivity contribution in [2.75, 3.05) is 6.26 Å². The summed E-state index contributed by atoms with van der Waals surface area (Å²) >= 11 is 1.37. The molecule has 3 aromatic rings. The molecule has 0 radical (unpaired) electrons. The summed E-state index contributed by atoms with van der Waals surface area (Å²) in [5.74, 6) is -0.0282. The number of rotatable bonds is 4. The van der Waals surface area contributed by atoms with Crippen LogP contribution in [0.15, 0.2) is 64.1 Å². The van der Waals surface area contributed by atoms with E-state index in [9.17, 15) is 9.90 Å². The van der Waals surface area contributed by atoms with E-state index in [2.05, 4.69) is 0 Å². The van der Waals surface area contributed by atoms with Gasteiger partial charge in [0.25, 0.3) is 0 Å². The molecule has 0 unspecified atom stereocenters. The van der Waals surface area contributed by atoms with Crippen molar-refractivity contribution in [1.29, 1.82) is 0 Å². The molecule has 0 aliphatic heterocycles. The second kappa shape index (κ2) is 6.12. The summed E-state index contributed by atoms with van der Waals surface area (Å²) in [5.41, 5.74) is 2.04. The summed E-state index contributed by atoms with van der Waals surface area (Å²) in [7, 11) is 0. The number of hydrogen-bond acceptors (Lipinski definition) is 4. The summed E-state index contributed by atoms with van der Waals surface area (Å²) in [6.07, 6.45) is 5.16. The van der Waals surface area contributed by atoms with Gasteiger partial charge in [-0.3, -0.25) is 4.79 Å². The fraction of sp³-hybridized carbons (Fsp3) is 0.0556. The molecular formula is C18H14O3S. The lowest BCUT2D eigenvalue weighted by Gasteiger charge is -1.97. The van der Waals surface area contributed by atoms with Crippen molar-refractivity contribution in [1.82, 2.24) is 0 Å². The normalized spacial score (nSPS) is 11.3. The van der Waals surface area contributed by atoms with Gasteiger partial charge in [-0.1, -0.05) is 48.2 Å². The highest BCUT2D eigenvalue weighted by Gasteiger charge is 2.19. The molecule has 1 aromatic heterocycles. The Hall–Kier alpha value is -2.46. The van der Waals surface area contributed by atoms with E-state index >= 15 is 0 Å². The first kappa shape index (κ1) is 14.5. The highest BCUT2D eigenvalue weighted by molar-refractivity contribution is 7.98. The molecule has 0 saturated heterocycles. The molecule has 4 heteroatoms. The Morgan fingerprint density at radius 1 is 1.18 bits per heavy atom. The number of thioether (sulfide) groups is 1. The van der Waals surface area contributed by atoms with Crippen molar-refractivity contribution in [2.24, 2.45) is 0 Å². The molecule has 3 rings (SSSR count). The van der Waals surface area contributed by atoms with Gasteiger partial charge in [0.2, 0.25) is 0 Å². The van der Waals surface area contributed by atoms with Crippen LogP contribution in [0.1, 0.15) is 15.9 Å². The minimum absolute atomic E-state index is 0.113. The number of aromatic hydroxyl groups is 1. The van der Waals surface area contributed by atoms with Crippen molar-refractivity contribution in [3.63, 3.8) is 0 Å². The van der Waals surface area contributed by atoms with Crippen LogP contribution in [-0.2, 0) is 0 Å². The number of carbonyl (C=O) groups is 1. The number of fused-ring (bicyclic) bond motifs is 1. The van der Waals surface area contributed by atoms with E-state index in [0.29, 0.717) is 21.6 Å². The topological polar surface area (TPSA) is 50.4 Å². The van der Waals surface area contributed by atoms with E-state index in [1.165, 1.54) is 17.8 Å². The molecule has 3 nitrogen and oxygen atoms in total. The summed E-state index contributed by atoms with van der Waals surface area (Å²) in [6.45, 7) is 0. The predicted molar refractivity (Wildman–Crippen MR) is 89.5 cm³/mol. The largest absolute Gasteiger partial charge is 0.508 e. The highest BCUT2D eigenvalue weighted by Crippen LogP contribution is 2.34. The number of hydrogen-bond donors (Lipinski definition) is 1. The van der Waals surface area contributed by atoms with E-state index < -0.39 is 0 Å². The maximum Gasteiger partial charge on any atom is 0.190 e. The number of phenols is 1. The van der Waals surface area contributed by atoms with E-state index in [-0.39, 0.29) is 11.5 Å². The van der Waals surface area contributed by atoms with E-state index in [1.807, 2.05) is 36.6 Å². The Kier molecular flexibility index (Phi) is 4.02. The van der Waals surface area contributed by atoms with Crippen LogP contribution in [-0.4, -0.2) is 17.1 Å². The van der Waals surface area contributed by atoms with Crippen molar-refractivity contribution in [2.45, 2.75) is 5.09 Å². The lowest BCUT2D eigenvalue weighted by atomic mass is 10.1. The first-order valence-electron chi connectivity index (χ1n) is 6.76. The van der Waals surface area contributed by atoms with Crippen LogP contribution in [0.2, 0.25) is 0 Å². The van der Waals surface area contributed by atoms with Gasteiger partial charge in [0.05, 0.1) is 5.56 Å². The quantitative estimate of drug-likeness (QED) is 0.429. The third-order valence-electron chi connectivity index (χ3n) is 3.30. The van der Waals surface area contributed by atoms with Gasteiger partial charge in [0.15, 0.2) is 10.9 Å². The molecule has 0 fully saturated rings. The van der Waals surface area contributed by atoms with Gasteiger partial charge in [-0.15, -0.1) is 0 Å². The van der Waals surface area contributed by atoms with Gasteiger partial charge in [-0.05, 0) is 36.1 Å². The van der Waals surface area contributed by atoms with Gasteiger partial charge >= 0.3 is 0 Å². The first-order chi connectivity index (χ1) is 10.7. The average molecular weight is 310 g/mol. The number of phenolic OH excluding ortho intramolecular Hbond substituents is 1. The zero-order valence-electron chi connectivity index (χ0n) is 11.9. The number of benzene rings is 2. The molecule has 0 aliphatic carbocycles. The van der Waals surface area contributed by atoms with E-state index in [0.717, 1.165) is 5.56 Å². The summed E-state index contributed by atoms with van der Waals surface area (Å²) in [5, 5.41) is 10.8. The first-order valence-corrected chi connectivity index (χ1v) is 7.98. The number of allylic oxidation sites excluding steroid dienone is 1. The molecule has 2 aromatic carbocycles. The Balaban J connectivity index is 2.03. The molecule has 0 saturated carbocycles. The van der Waals surface area contributed by atoms with Gasteiger partial charge in [-0.25, -0.2) is 0 Å². The highest BCUT2D eigenvalue weighted by atomic mass is 32.2. The van der Waals surface area contributed by atoms with Crippen molar-refractivity contribution in [3.8, 4) is 5.75 Å². The molecule has 1 heterocycles. The van der Waals surface area contributed by atoms with E-state index in [1.54, 1.807) is 24.3 Å². The fourth-order valence-corrected chi connectivity index (χ4v) is 2.85. The molecule has 22 heavy (non-hydrogen) atoms. The Bertz CT molecular complexity index is 847. The fourth-order valence-electron chi connectivity index (χ4n) is 2.26. The molecule has 0 spiro atoms. The lowest BCUT2D eigenvalue weighted by Crippen LogP contribution is -1.94. The van der Waals surface area contributed by atoms with Crippen LogP contribution in [0.25, 0.3) is 17.0 Å². The molecule has 0 atom stereocenters. The number of ketones is 1. The third-order valence-corrected chi connectivity index (χ3v) is 3.96. The van der Waals surface area contributed by atoms with Crippen molar-refractivity contribution >= 4 is 34.6 Å². The minimum atomic E-state index is -0.141. The van der Waals surface area contributed by atoms with Crippen LogP contribution in [0, 0.1) is 0 Å². The summed E-state index contributed by atoms with van der Waals surface area (Å²) in [6, 6.07) is 14.4. The predicted octanol–water partition coefficient (Wildman–Crippen LogP) is 4.76. The SMILES string of the molecule is CSc1oc2ccc(O)cc2c1C(=O)/C=C/c1ccccc1. The third kappa shape index (κ3) is 2.78. The van der Waals surface area contributed by atoms with Gasteiger partial charge in [0, 0.05) is 5.39 Å². The molecule has 0 amide bonds. The standard InChI is InChI=1S/C18H14O3S/c1-22-18-17(14-11-13(19)8-10-16(14)21-18)15(20)9-7-12-5-3-2-4-6-12/h2-11,19H,1H3/b9-7+. The monoisotopic (exact) mass is 310 g/mol. The maximum atomic E-state index is 12.5. The average Bonchev–Trinajstić information content (AvgIpc) is 2.91. The van der Waals surface area contributed by atoms with Gasteiger partial charge < -0.3 is 9.52 Å². The van der Waals surface area contributed by atoms with Crippen molar-refractivity contribution in [3.05, 3.63) is 65.7 Å². The smallest absolute Gasteiger partial charge is 0.190 e. The zero-order valence-corrected chi connectivity index (χ0v) is 12.8. The minimum Gasteiger partial charge on any atom is -0.508 e. The molecule has 110 valence electrons. The molecular weight excluding hydrogens is 296 g/mol. The lowest BCUT2D eigenvalue weighted by molar-refractivity contribution is 0.104. The van der Waals surface area contributed by atoms with E-state index in [4.69, 9.17) is 4.42 Å². The molecule has 0 aliphatic rings. The second-order valence-electron chi connectivity index (χ2n) is 4.76. The Morgan fingerprint density at radius 2 is 1.95 bits per heavy atom. The Labute approximate surface area is 132 Å². The Morgan fingerprint density at radius 3 is 2.68 bits per heavy atom. The van der Waals surface area contributed by atoms with Gasteiger partial charge in [-0.2, -0.15) is 0 Å². The maximum absolute atomic E-state index is 12.5. The van der Waals surface area contributed by atoms with Crippen LogP contribution in [0.4, 0.5) is 0 Å². The summed E-state index contributed by atoms with van der Waals surface area (Å²) in [4.78, 5) is 12.5. The second-order valence-corrected chi connectivity index (χ2v) is 5.54. The zero-order chi connectivity index (χ0) is 15.5. The summed E-state index contributed by atoms with van der Waals surface area (Å²) < 4.78 is 5.67. The van der Waals surface area contributed by atoms with Crippen LogP contribution in [0.3, 0.4) is 0 Å². The number of carbonyl (C=O) groups excluding carboxylic acids is 1. The van der Waals surface area contributed by atoms with Gasteiger partial charge in [0.1, 0.15) is 11.3 Å². The number of furan rings is 1. The molecule has 1 N–H and O–H groups in total. The van der Waals surface area contributed by atoms with Crippen LogP contribution < -0.4 is 0 Å². The van der Waals surface area contributed by atoms with Crippen LogP contribution in [0.5, 0.6) is 5.75 Å². The van der Waals surface area contributed by atoms with Crippen LogP contribution >= 0.6 is 11.8 Å².